The van der Waals surface area contributed by atoms with Crippen molar-refractivity contribution in [1.29, 1.82) is 0 Å². The molecule has 0 aromatic heterocycles. The number of aliphatic hydroxyl groups is 1. The van der Waals surface area contributed by atoms with Gasteiger partial charge in [-0.3, -0.25) is 19.4 Å². The third kappa shape index (κ3) is 34.8. The number of unbranched alkanes of at least 4 members (excludes halogenated alkanes) is 8. The number of ether oxygens (including phenoxy) is 4. The van der Waals surface area contributed by atoms with Crippen molar-refractivity contribution in [1.82, 2.24) is 19.0 Å². The number of aliphatic hydroxyl groups excluding tert-OH is 1. The van der Waals surface area contributed by atoms with Crippen molar-refractivity contribution in [2.45, 2.75) is 211 Å². The molecule has 13 rings (SSSR count). The fourth-order valence-electron chi connectivity index (χ4n) is 13.9. The number of fused-ring (bicyclic) bond motifs is 1. The van der Waals surface area contributed by atoms with Gasteiger partial charge in [-0.2, -0.15) is 78.9 Å². The molecule has 0 radical (unpaired) electrons. The number of hydrogen-bond acceptors (Lipinski definition) is 19. The van der Waals surface area contributed by atoms with Gasteiger partial charge in [0.25, 0.3) is 10.0 Å². The first-order chi connectivity index (χ1) is 66.7. The van der Waals surface area contributed by atoms with E-state index in [1.54, 1.807) is 9.30 Å². The molecular formula is C97H114F16N6O17S6. The Labute approximate surface area is 823 Å². The van der Waals surface area contributed by atoms with E-state index in [0.717, 1.165) is 58.5 Å². The van der Waals surface area contributed by atoms with Crippen LogP contribution in [-0.4, -0.2) is 231 Å². The SMILES string of the molecule is C1=C(c2ccccc2)Cc2ccccc21.CCC(C)(C)OC(=O)N1CCC(O)CC1.CCCCCCCCCCCC(=O)OCCN1CCOCC1.CS(=O)(=O)N=C([O-])C(F)(F)C(F)(F)C(F)(F)F.O=C1OCCC1N1CCN(S(=O)(=O)C(F)(F)C(F)(F)C(F)(F)S(=O)(=O)[N-]S(=O)(=O)C(F)(F)F)CC1.c1ccc([S+](c2ccccc2)c2ccccc2)cc1.c1ccc([S+](c2ccccc2)c2ccccc2)cc1. The van der Waals surface area contributed by atoms with Gasteiger partial charge in [-0.25, -0.2) is 38.5 Å². The van der Waals surface area contributed by atoms with Crippen molar-refractivity contribution in [3.8, 4) is 0 Å². The van der Waals surface area contributed by atoms with E-state index in [1.165, 1.54) is 101 Å². The number of esters is 2. The van der Waals surface area contributed by atoms with E-state index >= 15 is 0 Å². The van der Waals surface area contributed by atoms with Gasteiger partial charge in [0.15, 0.2) is 49.4 Å². The number of halogens is 16. The van der Waals surface area contributed by atoms with Crippen LogP contribution in [0.3, 0.4) is 0 Å². The summed E-state index contributed by atoms with van der Waals surface area (Å²) in [6.45, 7) is 10.9. The monoisotopic (exact) mass is 2130 g/mol. The van der Waals surface area contributed by atoms with Crippen molar-refractivity contribution in [2.24, 2.45) is 4.40 Å². The summed E-state index contributed by atoms with van der Waals surface area (Å²) in [6.07, 6.45) is 10.5. The average Bonchev–Trinajstić information content (AvgIpc) is 0.791. The first kappa shape index (κ1) is 119. The molecule has 5 aliphatic rings. The Kier molecular flexibility index (Phi) is 45.8. The van der Waals surface area contributed by atoms with Crippen molar-refractivity contribution in [3.05, 3.63) is 257 Å². The summed E-state index contributed by atoms with van der Waals surface area (Å²) in [5.74, 6) is -24.7. The first-order valence-electron chi connectivity index (χ1n) is 45.1. The lowest BCUT2D eigenvalue weighted by molar-refractivity contribution is -0.357. The predicted octanol–water partition coefficient (Wildman–Crippen LogP) is 20.1. The van der Waals surface area contributed by atoms with Crippen LogP contribution in [0.1, 0.15) is 134 Å². The quantitative estimate of drug-likeness (QED) is 0.00760. The summed E-state index contributed by atoms with van der Waals surface area (Å²) >= 11 is 0. The second kappa shape index (κ2) is 54.5. The van der Waals surface area contributed by atoms with E-state index in [2.05, 4.69) is 259 Å². The highest BCUT2D eigenvalue weighted by molar-refractivity contribution is 8.13. The topological polar surface area (TPSA) is 307 Å². The zero-order valence-electron chi connectivity index (χ0n) is 78.2. The number of carbonyl (C=O) groups excluding carboxylic acids is 3. The average molecular weight is 2130 g/mol. The Morgan fingerprint density at radius 2 is 0.915 bits per heavy atom. The summed E-state index contributed by atoms with van der Waals surface area (Å²) in [6, 6.07) is 82.6. The fraction of sp³-hybridized carbons (Fsp3) is 0.443. The number of likely N-dealkylation sites (tertiary alicyclic amines) is 1. The molecule has 1 N–H and O–H groups in total. The van der Waals surface area contributed by atoms with Crippen LogP contribution in [-0.2, 0) is 96.8 Å². The van der Waals surface area contributed by atoms with Gasteiger partial charge < -0.3 is 38.2 Å². The Morgan fingerprint density at radius 3 is 1.30 bits per heavy atom. The Balaban J connectivity index is 0.000000230. The number of piperazine rings is 1. The minimum atomic E-state index is -7.95. The molecule has 4 aliphatic heterocycles. The molecule has 23 nitrogen and oxygen atoms in total. The normalized spacial score (nSPS) is 16.3. The lowest BCUT2D eigenvalue weighted by atomic mass is 10.0. The Hall–Kier alpha value is -9.68. The van der Waals surface area contributed by atoms with Gasteiger partial charge in [-0.1, -0.05) is 235 Å². The molecule has 8 aromatic rings. The number of rotatable bonds is 33. The van der Waals surface area contributed by atoms with Crippen LogP contribution in [0.2, 0.25) is 0 Å². The number of alkyl halides is 16. The zero-order chi connectivity index (χ0) is 105. The third-order valence-electron chi connectivity index (χ3n) is 22.1. The van der Waals surface area contributed by atoms with E-state index in [-0.39, 0.29) is 59.2 Å². The smallest absolute Gasteiger partial charge is 0.480 e. The molecular weight excluding hydrogens is 2020 g/mol. The van der Waals surface area contributed by atoms with Crippen LogP contribution in [0.5, 0.6) is 0 Å². The maximum absolute atomic E-state index is 14.3. The van der Waals surface area contributed by atoms with Crippen molar-refractivity contribution < 1.29 is 147 Å². The lowest BCUT2D eigenvalue weighted by Crippen LogP contribution is -2.65. The standard InChI is InChI=1S/C18H35NO3.2C18H15S.C15H12.C12H13F9N3O8S3.C11H21NO3.C5H4F7NO3S/c1-2-3-4-5-6-7-8-9-10-11-18(20)22-17-14-19-12-15-21-16-13-19;2*1-4-10-16(11-5-1)19(17-12-6-2-7-13-17)18-14-8-3-9-15-18;1-2-6-12(7-3-1)15-10-13-8-4-5-9-14(13)11-15;13-9(14,10(15,16)33(26,27)22-34(28,29)12(19,20)21)11(17,18)35(30,31)24-4-2-23(3-5-24)7-1-6-32-8(7)25;1-4-11(2,3)15-10(14)12-7-5-9(13)6-8-12;1-17(15,16)13-2(14)3(6,7)4(8,9)5(10,11)12/h2-17H2,1H3;2*1-15H;1-10H,11H2;7H,1-6H2;9,13H,4-8H2,1-3H3;1H3,(H,13,14)/q;2*+1;;-1;;/p-1. The molecule has 1 atom stereocenters. The summed E-state index contributed by atoms with van der Waals surface area (Å²) in [7, 11) is -27.1. The van der Waals surface area contributed by atoms with Crippen LogP contribution in [0.25, 0.3) is 15.8 Å². The summed E-state index contributed by atoms with van der Waals surface area (Å²) in [5, 5.41) is 5.18. The molecule has 45 heteroatoms. The van der Waals surface area contributed by atoms with Crippen molar-refractivity contribution in [3.63, 3.8) is 0 Å². The second-order valence-corrected chi connectivity index (χ2v) is 44.3. The first-order valence-corrected chi connectivity index (χ1v) is 53.7. The second-order valence-electron chi connectivity index (χ2n) is 33.1. The molecule has 1 aliphatic carbocycles. The number of cyclic esters (lactones) is 1. The molecule has 0 spiro atoms. The highest BCUT2D eigenvalue weighted by Crippen LogP contribution is 2.54. The van der Waals surface area contributed by atoms with E-state index in [1.807, 2.05) is 20.8 Å². The van der Waals surface area contributed by atoms with Gasteiger partial charge in [-0.15, -0.1) is 0 Å². The van der Waals surface area contributed by atoms with Gasteiger partial charge in [-0.05, 0) is 141 Å². The van der Waals surface area contributed by atoms with Gasteiger partial charge >= 0.3 is 58.0 Å². The minimum Gasteiger partial charge on any atom is -0.857 e. The Morgan fingerprint density at radius 1 is 0.507 bits per heavy atom. The summed E-state index contributed by atoms with van der Waals surface area (Å²) in [5.41, 5.74) is -1.52. The van der Waals surface area contributed by atoms with Gasteiger partial charge in [0.05, 0.1) is 59.9 Å². The molecule has 142 heavy (non-hydrogen) atoms. The lowest BCUT2D eigenvalue weighted by Gasteiger charge is -2.40. The molecule has 0 saturated carbocycles. The summed E-state index contributed by atoms with van der Waals surface area (Å²) in [4.78, 5) is 48.2. The molecule has 1 unspecified atom stereocenters. The van der Waals surface area contributed by atoms with Crippen molar-refractivity contribution in [2.75, 3.05) is 91.6 Å². The summed E-state index contributed by atoms with van der Waals surface area (Å²) < 4.78 is 316. The number of benzene rings is 8. The van der Waals surface area contributed by atoms with Crippen LogP contribution >= 0.6 is 0 Å². The number of allylic oxidation sites excluding steroid dienone is 1. The number of carbonyl (C=O) groups is 3. The van der Waals surface area contributed by atoms with Crippen LogP contribution in [0, 0.1) is 0 Å². The zero-order valence-corrected chi connectivity index (χ0v) is 83.1. The van der Waals surface area contributed by atoms with Gasteiger partial charge in [0, 0.05) is 71.7 Å². The number of morpholine rings is 1. The molecule has 4 heterocycles. The predicted molar refractivity (Wildman–Crippen MR) is 507 cm³/mol. The number of piperidine rings is 1. The van der Waals surface area contributed by atoms with E-state index in [0.29, 0.717) is 43.1 Å². The largest absolute Gasteiger partial charge is 0.857 e. The number of nitrogens with zero attached hydrogens (tertiary/aromatic N) is 6. The highest BCUT2D eigenvalue weighted by Gasteiger charge is 2.81. The van der Waals surface area contributed by atoms with E-state index in [4.69, 9.17) is 14.2 Å². The van der Waals surface area contributed by atoms with Gasteiger partial charge in [0.2, 0.25) is 10.0 Å². The van der Waals surface area contributed by atoms with E-state index in [9.17, 15) is 129 Å². The maximum atomic E-state index is 14.3. The molecule has 1 amide bonds. The van der Waals surface area contributed by atoms with E-state index < -0.39 is 134 Å². The van der Waals surface area contributed by atoms with Crippen LogP contribution in [0.4, 0.5) is 75.0 Å². The fourth-order valence-corrected chi connectivity index (χ4v) is 22.2. The number of hydrogen-bond donors (Lipinski definition) is 1. The third-order valence-corrected chi connectivity index (χ3v) is 32.0. The number of sulfonamides is 4. The van der Waals surface area contributed by atoms with Crippen LogP contribution < -0.4 is 5.11 Å². The van der Waals surface area contributed by atoms with Crippen LogP contribution in [0.15, 0.2) is 270 Å². The van der Waals surface area contributed by atoms with Crippen molar-refractivity contribution >= 4 is 97.5 Å². The molecule has 0 bridgehead atoms. The molecule has 4 saturated heterocycles. The molecule has 8 aromatic carbocycles. The maximum Gasteiger partial charge on any atom is 0.480 e. The molecule has 4 fully saturated rings. The highest BCUT2D eigenvalue weighted by atomic mass is 32.3. The van der Waals surface area contributed by atoms with Gasteiger partial charge in [0.1, 0.15) is 18.2 Å². The molecule has 782 valence electrons. The minimum absolute atomic E-state index is 0.0146. The number of amides is 1. The Bertz CT molecular complexity index is 5450.